The smallest absolute Gasteiger partial charge is 0.0863 e. The summed E-state index contributed by atoms with van der Waals surface area (Å²) < 4.78 is 7.32. The molecule has 1 aromatic rings. The second kappa shape index (κ2) is 3.77. The molecule has 1 aromatic heterocycles. The van der Waals surface area contributed by atoms with Crippen molar-refractivity contribution in [3.8, 4) is 0 Å². The summed E-state index contributed by atoms with van der Waals surface area (Å²) in [6.07, 6.45) is 8.07. The van der Waals surface area contributed by atoms with Crippen LogP contribution in [0.15, 0.2) is 24.6 Å². The van der Waals surface area contributed by atoms with Crippen LogP contribution in [0.25, 0.3) is 6.08 Å². The molecule has 0 N–H and O–H groups in total. The predicted molar refractivity (Wildman–Crippen MR) is 41.4 cm³/mol. The monoisotopic (exact) mass is 135 g/mol. The molecule has 0 aliphatic heterocycles. The molecule has 2 heteroatoms. The van der Waals surface area contributed by atoms with Gasteiger partial charge in [-0.05, 0) is 12.5 Å². The SMILES string of the molecule is [2H]c1nccnc1C=CCC. The third-order valence-electron chi connectivity index (χ3n) is 1.05. The summed E-state index contributed by atoms with van der Waals surface area (Å²) in [5.41, 5.74) is 0.634. The zero-order valence-electron chi connectivity index (χ0n) is 6.91. The third-order valence-corrected chi connectivity index (χ3v) is 1.05. The van der Waals surface area contributed by atoms with Crippen LogP contribution in [0.2, 0.25) is 0 Å². The normalized spacial score (nSPS) is 11.9. The van der Waals surface area contributed by atoms with Crippen molar-refractivity contribution in [2.75, 3.05) is 0 Å². The van der Waals surface area contributed by atoms with E-state index in [1.807, 2.05) is 19.1 Å². The van der Waals surface area contributed by atoms with Crippen molar-refractivity contribution >= 4 is 6.08 Å². The van der Waals surface area contributed by atoms with Gasteiger partial charge in [-0.1, -0.05) is 13.0 Å². The van der Waals surface area contributed by atoms with Gasteiger partial charge in [0.25, 0.3) is 0 Å². The number of hydrogen-bond acceptors (Lipinski definition) is 2. The van der Waals surface area contributed by atoms with Gasteiger partial charge in [-0.3, -0.25) is 9.97 Å². The molecular formula is C8H10N2. The molecule has 52 valence electrons. The maximum absolute atomic E-state index is 7.32. The lowest BCUT2D eigenvalue weighted by atomic mass is 10.3. The maximum Gasteiger partial charge on any atom is 0.0863 e. The molecule has 1 rings (SSSR count). The fourth-order valence-corrected chi connectivity index (χ4v) is 0.589. The van der Waals surface area contributed by atoms with Crippen LogP contribution >= 0.6 is 0 Å². The van der Waals surface area contributed by atoms with Gasteiger partial charge >= 0.3 is 0 Å². The molecule has 0 atom stereocenters. The third kappa shape index (κ3) is 1.97. The molecule has 0 bridgehead atoms. The average Bonchev–Trinajstić information content (AvgIpc) is 2.03. The van der Waals surface area contributed by atoms with Crippen LogP contribution in [-0.4, -0.2) is 9.97 Å². The lowest BCUT2D eigenvalue weighted by Gasteiger charge is -1.86. The molecule has 10 heavy (non-hydrogen) atoms. The Morgan fingerprint density at radius 1 is 1.70 bits per heavy atom. The van der Waals surface area contributed by atoms with Gasteiger partial charge in [0.2, 0.25) is 0 Å². The summed E-state index contributed by atoms with van der Waals surface area (Å²) in [7, 11) is 0. The topological polar surface area (TPSA) is 25.8 Å². The van der Waals surface area contributed by atoms with Gasteiger partial charge < -0.3 is 0 Å². The van der Waals surface area contributed by atoms with E-state index in [0.29, 0.717) is 5.69 Å². The Hall–Kier alpha value is -1.18. The highest BCUT2D eigenvalue weighted by atomic mass is 14.7. The second-order valence-electron chi connectivity index (χ2n) is 1.86. The van der Waals surface area contributed by atoms with E-state index in [1.165, 1.54) is 6.20 Å². The summed E-state index contributed by atoms with van der Waals surface area (Å²) in [4.78, 5) is 7.76. The lowest BCUT2D eigenvalue weighted by molar-refractivity contribution is 1.17. The predicted octanol–water partition coefficient (Wildman–Crippen LogP) is 1.90. The van der Waals surface area contributed by atoms with Crippen molar-refractivity contribution in [2.45, 2.75) is 13.3 Å². The number of allylic oxidation sites excluding steroid dienone is 1. The van der Waals surface area contributed by atoms with E-state index in [1.54, 1.807) is 6.20 Å². The van der Waals surface area contributed by atoms with Crippen LogP contribution in [0, 0.1) is 0 Å². The van der Waals surface area contributed by atoms with Crippen LogP contribution < -0.4 is 0 Å². The first-order valence-electron chi connectivity index (χ1n) is 3.78. The number of nitrogens with zero attached hydrogens (tertiary/aromatic N) is 2. The zero-order chi connectivity index (χ0) is 8.10. The highest BCUT2D eigenvalue weighted by molar-refractivity contribution is 5.41. The first-order chi connectivity index (χ1) is 5.34. The van der Waals surface area contributed by atoms with Crippen LogP contribution in [0.1, 0.15) is 20.4 Å². The van der Waals surface area contributed by atoms with E-state index in [-0.39, 0.29) is 6.17 Å². The molecule has 0 amide bonds. The minimum atomic E-state index is 0.234. The average molecular weight is 135 g/mol. The lowest BCUT2D eigenvalue weighted by Crippen LogP contribution is -1.79. The highest BCUT2D eigenvalue weighted by Crippen LogP contribution is 1.93. The standard InChI is InChI=1S/C8H10N2/c1-2-3-4-8-7-9-5-6-10-8/h3-7H,2H2,1H3/i7D. The molecule has 0 aliphatic carbocycles. The van der Waals surface area contributed by atoms with Crippen molar-refractivity contribution in [3.05, 3.63) is 30.3 Å². The van der Waals surface area contributed by atoms with Crippen molar-refractivity contribution < 1.29 is 1.37 Å². The summed E-state index contributed by atoms with van der Waals surface area (Å²) in [5, 5.41) is 0. The summed E-state index contributed by atoms with van der Waals surface area (Å²) in [6.45, 7) is 2.04. The summed E-state index contributed by atoms with van der Waals surface area (Å²) >= 11 is 0. The van der Waals surface area contributed by atoms with Gasteiger partial charge in [-0.25, -0.2) is 0 Å². The molecule has 0 radical (unpaired) electrons. The Morgan fingerprint density at radius 2 is 2.60 bits per heavy atom. The number of rotatable bonds is 2. The molecule has 0 saturated heterocycles. The van der Waals surface area contributed by atoms with Gasteiger partial charge in [0.05, 0.1) is 13.2 Å². The molecule has 0 spiro atoms. The molecule has 1 heterocycles. The van der Waals surface area contributed by atoms with E-state index < -0.39 is 0 Å². The largest absolute Gasteiger partial charge is 0.261 e. The highest BCUT2D eigenvalue weighted by Gasteiger charge is 1.81. The molecule has 0 saturated carbocycles. The number of aromatic nitrogens is 2. The van der Waals surface area contributed by atoms with Crippen molar-refractivity contribution in [2.24, 2.45) is 0 Å². The van der Waals surface area contributed by atoms with Crippen molar-refractivity contribution in [1.82, 2.24) is 9.97 Å². The molecule has 0 unspecified atom stereocenters. The summed E-state index contributed by atoms with van der Waals surface area (Å²) in [5.74, 6) is 0. The molecular weight excluding hydrogens is 124 g/mol. The van der Waals surface area contributed by atoms with Gasteiger partial charge in [0.15, 0.2) is 0 Å². The van der Waals surface area contributed by atoms with Gasteiger partial charge in [0.1, 0.15) is 0 Å². The Kier molecular flexibility index (Phi) is 2.11. The van der Waals surface area contributed by atoms with Gasteiger partial charge in [-0.2, -0.15) is 0 Å². The van der Waals surface area contributed by atoms with Gasteiger partial charge in [0, 0.05) is 12.4 Å². The fourth-order valence-electron chi connectivity index (χ4n) is 0.589. The van der Waals surface area contributed by atoms with E-state index >= 15 is 0 Å². The fraction of sp³-hybridized carbons (Fsp3) is 0.250. The first-order valence-corrected chi connectivity index (χ1v) is 3.28. The van der Waals surface area contributed by atoms with Crippen LogP contribution in [-0.2, 0) is 0 Å². The van der Waals surface area contributed by atoms with Crippen molar-refractivity contribution in [1.29, 1.82) is 0 Å². The van der Waals surface area contributed by atoms with E-state index in [0.717, 1.165) is 6.42 Å². The molecule has 0 fully saturated rings. The minimum Gasteiger partial charge on any atom is -0.261 e. The maximum atomic E-state index is 7.32. The van der Waals surface area contributed by atoms with Crippen LogP contribution in [0.3, 0.4) is 0 Å². The van der Waals surface area contributed by atoms with Crippen LogP contribution in [0.4, 0.5) is 0 Å². The van der Waals surface area contributed by atoms with Crippen LogP contribution in [0.5, 0.6) is 0 Å². The molecule has 2 nitrogen and oxygen atoms in total. The zero-order valence-corrected chi connectivity index (χ0v) is 5.91. The van der Waals surface area contributed by atoms with Crippen molar-refractivity contribution in [3.63, 3.8) is 0 Å². The number of hydrogen-bond donors (Lipinski definition) is 0. The Morgan fingerprint density at radius 3 is 3.30 bits per heavy atom. The summed E-state index contributed by atoms with van der Waals surface area (Å²) in [6, 6.07) is 0. The molecule has 0 aromatic carbocycles. The second-order valence-corrected chi connectivity index (χ2v) is 1.86. The Balaban J connectivity index is 2.86. The van der Waals surface area contributed by atoms with E-state index in [9.17, 15) is 0 Å². The van der Waals surface area contributed by atoms with E-state index in [4.69, 9.17) is 1.37 Å². The first kappa shape index (κ1) is 5.59. The quantitative estimate of drug-likeness (QED) is 0.619. The Bertz CT molecular complexity index is 258. The Labute approximate surface area is 62.0 Å². The molecule has 0 aliphatic rings. The van der Waals surface area contributed by atoms with Gasteiger partial charge in [-0.15, -0.1) is 0 Å². The minimum absolute atomic E-state index is 0.234. The van der Waals surface area contributed by atoms with E-state index in [2.05, 4.69) is 9.97 Å².